The third-order valence-electron chi connectivity index (χ3n) is 5.25. The summed E-state index contributed by atoms with van der Waals surface area (Å²) in [7, 11) is 0. The van der Waals surface area contributed by atoms with Crippen molar-refractivity contribution in [3.8, 4) is 28.7 Å². The minimum absolute atomic E-state index is 0.653. The monoisotopic (exact) mass is 407 g/mol. The predicted molar refractivity (Wildman–Crippen MR) is 122 cm³/mol. The highest BCUT2D eigenvalue weighted by Crippen LogP contribution is 2.33. The molecule has 152 valence electrons. The fourth-order valence-electron chi connectivity index (χ4n) is 3.51. The molecule has 0 unspecified atom stereocenters. The predicted octanol–water partition coefficient (Wildman–Crippen LogP) is 5.47. The van der Waals surface area contributed by atoms with Crippen LogP contribution in [0.5, 0.6) is 11.5 Å². The number of hydrogen-bond acceptors (Lipinski definition) is 5. The third-order valence-corrected chi connectivity index (χ3v) is 5.25. The number of pyridine rings is 3. The van der Waals surface area contributed by atoms with Crippen LogP contribution in [0, 0.1) is 13.8 Å². The number of rotatable bonds is 4. The van der Waals surface area contributed by atoms with E-state index in [9.17, 15) is 0 Å². The Labute approximate surface area is 180 Å². The smallest absolute Gasteiger partial charge is 0.155 e. The second kappa shape index (κ2) is 7.57. The summed E-state index contributed by atoms with van der Waals surface area (Å²) >= 11 is 0. The van der Waals surface area contributed by atoms with E-state index in [1.54, 1.807) is 12.4 Å². The van der Waals surface area contributed by atoms with Gasteiger partial charge in [-0.2, -0.15) is 0 Å². The number of aromatic nitrogens is 4. The van der Waals surface area contributed by atoms with Gasteiger partial charge in [0.2, 0.25) is 0 Å². The number of fused-ring (bicyclic) bond motifs is 1. The lowest BCUT2D eigenvalue weighted by atomic mass is 10.1. The molecule has 2 N–H and O–H groups in total. The zero-order chi connectivity index (χ0) is 21.4. The molecule has 0 atom stereocenters. The van der Waals surface area contributed by atoms with E-state index in [0.29, 0.717) is 22.9 Å². The highest BCUT2D eigenvalue weighted by atomic mass is 16.5. The number of anilines is 1. The number of benzene rings is 1. The average molecular weight is 407 g/mol. The summed E-state index contributed by atoms with van der Waals surface area (Å²) in [5, 5.41) is 1.10. The summed E-state index contributed by atoms with van der Waals surface area (Å²) in [4.78, 5) is 13.7. The van der Waals surface area contributed by atoms with E-state index in [1.165, 1.54) is 0 Å². The van der Waals surface area contributed by atoms with Gasteiger partial charge < -0.3 is 15.0 Å². The Bertz CT molecular complexity index is 1390. The van der Waals surface area contributed by atoms with Gasteiger partial charge >= 0.3 is 0 Å². The molecule has 0 fully saturated rings. The van der Waals surface area contributed by atoms with Crippen LogP contribution in [0.15, 0.2) is 79.3 Å². The van der Waals surface area contributed by atoms with E-state index >= 15 is 0 Å². The van der Waals surface area contributed by atoms with E-state index in [2.05, 4.69) is 9.97 Å². The number of ether oxygens (including phenoxy) is 1. The molecule has 5 aromatic rings. The van der Waals surface area contributed by atoms with Gasteiger partial charge in [-0.1, -0.05) is 12.1 Å². The number of hydrogen-bond donors (Lipinski definition) is 1. The molecule has 0 spiro atoms. The number of nitrogens with zero attached hydrogens (tertiary/aromatic N) is 4. The van der Waals surface area contributed by atoms with E-state index in [0.717, 1.165) is 33.7 Å². The molecule has 4 aromatic heterocycles. The van der Waals surface area contributed by atoms with Crippen molar-refractivity contribution < 1.29 is 4.74 Å². The summed E-state index contributed by atoms with van der Waals surface area (Å²) in [6.45, 7) is 4.00. The maximum absolute atomic E-state index is 6.29. The van der Waals surface area contributed by atoms with Gasteiger partial charge in [-0.25, -0.2) is 9.97 Å². The number of nitrogens with two attached hydrogens (primary N) is 1. The molecule has 0 saturated carbocycles. The molecule has 0 radical (unpaired) electrons. The van der Waals surface area contributed by atoms with Crippen molar-refractivity contribution in [2.45, 2.75) is 13.8 Å². The quantitative estimate of drug-likeness (QED) is 0.400. The summed E-state index contributed by atoms with van der Waals surface area (Å²) in [5.41, 5.74) is 11.2. The van der Waals surface area contributed by atoms with Crippen molar-refractivity contribution in [1.29, 1.82) is 0 Å². The Morgan fingerprint density at radius 1 is 0.903 bits per heavy atom. The van der Waals surface area contributed by atoms with Gasteiger partial charge in [-0.05, 0) is 61.9 Å². The summed E-state index contributed by atoms with van der Waals surface area (Å²) in [5.74, 6) is 2.06. The Morgan fingerprint density at radius 3 is 2.65 bits per heavy atom. The van der Waals surface area contributed by atoms with Crippen molar-refractivity contribution in [3.63, 3.8) is 0 Å². The van der Waals surface area contributed by atoms with Crippen LogP contribution in [-0.2, 0) is 0 Å². The van der Waals surface area contributed by atoms with E-state index in [-0.39, 0.29) is 0 Å². The lowest BCUT2D eigenvalue weighted by molar-refractivity contribution is 0.480. The lowest BCUT2D eigenvalue weighted by Crippen LogP contribution is -1.99. The maximum Gasteiger partial charge on any atom is 0.155 e. The topological polar surface area (TPSA) is 78.9 Å². The van der Waals surface area contributed by atoms with Gasteiger partial charge in [0.25, 0.3) is 0 Å². The van der Waals surface area contributed by atoms with Gasteiger partial charge in [0.1, 0.15) is 17.3 Å². The van der Waals surface area contributed by atoms with Crippen LogP contribution in [0.4, 0.5) is 5.69 Å². The Kier molecular flexibility index (Phi) is 4.59. The molecular weight excluding hydrogens is 386 g/mol. The third kappa shape index (κ3) is 3.59. The van der Waals surface area contributed by atoms with Crippen LogP contribution in [0.2, 0.25) is 0 Å². The zero-order valence-corrected chi connectivity index (χ0v) is 17.3. The fourth-order valence-corrected chi connectivity index (χ4v) is 3.51. The Morgan fingerprint density at radius 2 is 1.81 bits per heavy atom. The minimum Gasteiger partial charge on any atom is -0.455 e. The van der Waals surface area contributed by atoms with Gasteiger partial charge in [-0.15, -0.1) is 0 Å². The number of aryl methyl sites for hydroxylation is 2. The normalized spacial score (nSPS) is 11.0. The fraction of sp³-hybridized carbons (Fsp3) is 0.0800. The van der Waals surface area contributed by atoms with Gasteiger partial charge in [-0.3, -0.25) is 4.98 Å². The Hall–Kier alpha value is -4.19. The highest BCUT2D eigenvalue weighted by molar-refractivity contribution is 5.84. The molecule has 6 nitrogen and oxygen atoms in total. The molecule has 31 heavy (non-hydrogen) atoms. The molecule has 0 saturated heterocycles. The SMILES string of the molecule is Cc1cc(Oc2ccnc(-n3ccc4ccc(N)cc43)c2)c(-c2ccccn2)nc1C. The molecule has 6 heteroatoms. The molecule has 0 bridgehead atoms. The van der Waals surface area contributed by atoms with E-state index in [4.69, 9.17) is 15.5 Å². The molecule has 0 amide bonds. The summed E-state index contributed by atoms with van der Waals surface area (Å²) < 4.78 is 8.29. The second-order valence-electron chi connectivity index (χ2n) is 7.41. The number of nitrogen functional groups attached to an aromatic ring is 1. The van der Waals surface area contributed by atoms with Crippen molar-refractivity contribution in [3.05, 3.63) is 90.5 Å². The van der Waals surface area contributed by atoms with Gasteiger partial charge in [0.15, 0.2) is 5.75 Å². The minimum atomic E-state index is 0.653. The van der Waals surface area contributed by atoms with Crippen LogP contribution in [0.1, 0.15) is 11.3 Å². The largest absolute Gasteiger partial charge is 0.455 e. The molecule has 1 aromatic carbocycles. The van der Waals surface area contributed by atoms with Crippen molar-refractivity contribution >= 4 is 16.6 Å². The first-order valence-corrected chi connectivity index (χ1v) is 9.99. The summed E-state index contributed by atoms with van der Waals surface area (Å²) in [6.07, 6.45) is 5.47. The zero-order valence-electron chi connectivity index (χ0n) is 17.3. The molecule has 0 aliphatic carbocycles. The average Bonchev–Trinajstić information content (AvgIpc) is 3.20. The Balaban J connectivity index is 1.56. The first-order chi connectivity index (χ1) is 15.1. The second-order valence-corrected chi connectivity index (χ2v) is 7.41. The van der Waals surface area contributed by atoms with Crippen LogP contribution >= 0.6 is 0 Å². The van der Waals surface area contributed by atoms with E-state index in [1.807, 2.05) is 85.3 Å². The molecule has 0 aliphatic heterocycles. The molecule has 4 heterocycles. The van der Waals surface area contributed by atoms with Gasteiger partial charge in [0.05, 0.1) is 11.2 Å². The first-order valence-electron chi connectivity index (χ1n) is 9.99. The highest BCUT2D eigenvalue weighted by Gasteiger charge is 2.14. The van der Waals surface area contributed by atoms with Crippen molar-refractivity contribution in [2.24, 2.45) is 0 Å². The standard InChI is InChI=1S/C25H21N5O/c1-16-13-23(25(29-17(16)2)21-5-3-4-10-27-21)31-20-8-11-28-24(15-20)30-12-9-18-6-7-19(26)14-22(18)30/h3-15H,26H2,1-2H3. The molecule has 5 rings (SSSR count). The lowest BCUT2D eigenvalue weighted by Gasteiger charge is -2.14. The first kappa shape index (κ1) is 18.8. The van der Waals surface area contributed by atoms with Crippen LogP contribution in [0.3, 0.4) is 0 Å². The van der Waals surface area contributed by atoms with Crippen LogP contribution in [0.25, 0.3) is 28.1 Å². The molecule has 0 aliphatic rings. The summed E-state index contributed by atoms with van der Waals surface area (Å²) in [6, 6.07) is 19.4. The molecular formula is C25H21N5O. The van der Waals surface area contributed by atoms with E-state index < -0.39 is 0 Å². The van der Waals surface area contributed by atoms with Crippen LogP contribution < -0.4 is 10.5 Å². The van der Waals surface area contributed by atoms with Gasteiger partial charge in [0, 0.05) is 41.4 Å². The van der Waals surface area contributed by atoms with Crippen LogP contribution in [-0.4, -0.2) is 19.5 Å². The maximum atomic E-state index is 6.29. The van der Waals surface area contributed by atoms with Crippen molar-refractivity contribution in [1.82, 2.24) is 19.5 Å². The van der Waals surface area contributed by atoms with Crippen molar-refractivity contribution in [2.75, 3.05) is 5.73 Å².